The van der Waals surface area contributed by atoms with E-state index in [0.29, 0.717) is 22.3 Å². The molecule has 8 nitrogen and oxygen atoms in total. The van der Waals surface area contributed by atoms with Crippen LogP contribution in [0.5, 0.6) is 0 Å². The van der Waals surface area contributed by atoms with Crippen molar-refractivity contribution in [1.82, 2.24) is 0 Å². The van der Waals surface area contributed by atoms with Gasteiger partial charge in [-0.3, -0.25) is 0 Å². The van der Waals surface area contributed by atoms with Crippen LogP contribution in [0.15, 0.2) is 179 Å². The first-order valence-corrected chi connectivity index (χ1v) is 19.8. The van der Waals surface area contributed by atoms with Gasteiger partial charge in [0.05, 0.1) is 51.9 Å². The lowest BCUT2D eigenvalue weighted by Gasteiger charge is -2.26. The third kappa shape index (κ3) is 5.73. The molecule has 2 heterocycles. The quantitative estimate of drug-likeness (QED) is 0.163. The number of anilines is 6. The topological polar surface area (TPSA) is 128 Å². The molecule has 0 bridgehead atoms. The van der Waals surface area contributed by atoms with E-state index in [4.69, 9.17) is 8.83 Å². The summed E-state index contributed by atoms with van der Waals surface area (Å²) in [6.07, 6.45) is 0. The molecule has 0 aliphatic carbocycles. The fourth-order valence-corrected chi connectivity index (χ4v) is 8.55. The summed E-state index contributed by atoms with van der Waals surface area (Å²) in [5, 5.41) is 45.6. The average Bonchev–Trinajstić information content (AvgIpc) is 3.91. The van der Waals surface area contributed by atoms with Crippen LogP contribution in [0.4, 0.5) is 34.1 Å². The molecule has 0 saturated heterocycles. The minimum absolute atomic E-state index is 0.573. The summed E-state index contributed by atoms with van der Waals surface area (Å²) in [5.41, 5.74) is 10.7. The monoisotopic (exact) mass is 792 g/mol. The molecule has 2 aromatic heterocycles. The molecular weight excluding hydrogens is 765 g/mol. The van der Waals surface area contributed by atoms with Crippen LogP contribution in [0.3, 0.4) is 0 Å². The molecule has 0 amide bonds. The number of hydrogen-bond acceptors (Lipinski definition) is 8. The SMILES string of the molecule is N#Cc1ccc(N(c2ccc(C#N)cc2)c2ccc3c(ccc4c5ccc6oc7c8ccc(N(c9ccc(C#N)cc9)c9ccc(C#N)cc9)cc8ccc7c6c5oc34)c2)cc1. The zero-order chi connectivity index (χ0) is 41.9. The van der Waals surface area contributed by atoms with Gasteiger partial charge in [0, 0.05) is 61.1 Å². The van der Waals surface area contributed by atoms with Gasteiger partial charge in [-0.25, -0.2) is 0 Å². The second-order valence-corrected chi connectivity index (χ2v) is 15.0. The molecule has 0 unspecified atom stereocenters. The van der Waals surface area contributed by atoms with Gasteiger partial charge in [0.25, 0.3) is 0 Å². The Hall–Kier alpha value is -9.34. The molecule has 62 heavy (non-hydrogen) atoms. The molecule has 0 N–H and O–H groups in total. The van der Waals surface area contributed by atoms with Crippen LogP contribution in [-0.4, -0.2) is 0 Å². The smallest absolute Gasteiger partial charge is 0.147 e. The number of fused-ring (bicyclic) bond motifs is 11. The van der Waals surface area contributed by atoms with Crippen molar-refractivity contribution in [1.29, 1.82) is 21.0 Å². The molecule has 11 rings (SSSR count). The lowest BCUT2D eigenvalue weighted by atomic mass is 10.0. The van der Waals surface area contributed by atoms with Crippen LogP contribution >= 0.6 is 0 Å². The first-order chi connectivity index (χ1) is 30.5. The first-order valence-electron chi connectivity index (χ1n) is 19.8. The van der Waals surface area contributed by atoms with Crippen LogP contribution in [0.1, 0.15) is 22.3 Å². The summed E-state index contributed by atoms with van der Waals surface area (Å²) in [5.74, 6) is 0. The molecule has 0 atom stereocenters. The summed E-state index contributed by atoms with van der Waals surface area (Å²) in [6, 6.07) is 63.7. The Kier molecular flexibility index (Phi) is 8.19. The number of benzene rings is 9. The predicted molar refractivity (Wildman–Crippen MR) is 244 cm³/mol. The van der Waals surface area contributed by atoms with Gasteiger partial charge in [-0.05, 0) is 168 Å². The number of nitriles is 4. The molecule has 0 aliphatic heterocycles. The summed E-state index contributed by atoms with van der Waals surface area (Å²) in [7, 11) is 0. The fourth-order valence-electron chi connectivity index (χ4n) is 8.55. The highest BCUT2D eigenvalue weighted by Crippen LogP contribution is 2.45. The van der Waals surface area contributed by atoms with Crippen molar-refractivity contribution in [2.24, 2.45) is 0 Å². The molecule has 0 saturated carbocycles. The van der Waals surface area contributed by atoms with Crippen molar-refractivity contribution in [3.05, 3.63) is 192 Å². The molecule has 0 radical (unpaired) electrons. The molecule has 0 spiro atoms. The molecule has 0 fully saturated rings. The summed E-state index contributed by atoms with van der Waals surface area (Å²) < 4.78 is 13.5. The van der Waals surface area contributed by atoms with E-state index in [1.165, 1.54) is 0 Å². The summed E-state index contributed by atoms with van der Waals surface area (Å²) in [6.45, 7) is 0. The lowest BCUT2D eigenvalue weighted by molar-refractivity contribution is 0.666. The van der Waals surface area contributed by atoms with E-state index in [9.17, 15) is 21.0 Å². The van der Waals surface area contributed by atoms with Crippen LogP contribution < -0.4 is 9.80 Å². The fraction of sp³-hybridized carbons (Fsp3) is 0. The number of furan rings is 2. The first kappa shape index (κ1) is 35.8. The van der Waals surface area contributed by atoms with E-state index in [1.807, 2.05) is 54.6 Å². The van der Waals surface area contributed by atoms with Crippen LogP contribution in [0.25, 0.3) is 65.4 Å². The van der Waals surface area contributed by atoms with Gasteiger partial charge < -0.3 is 18.6 Å². The minimum Gasteiger partial charge on any atom is -0.455 e. The number of rotatable bonds is 6. The molecule has 9 aromatic carbocycles. The van der Waals surface area contributed by atoms with Gasteiger partial charge >= 0.3 is 0 Å². The van der Waals surface area contributed by atoms with Gasteiger partial charge in [-0.15, -0.1) is 0 Å². The maximum atomic E-state index is 9.45. The lowest BCUT2D eigenvalue weighted by Crippen LogP contribution is -2.10. The van der Waals surface area contributed by atoms with E-state index >= 15 is 0 Å². The van der Waals surface area contributed by atoms with Crippen LogP contribution in [-0.2, 0) is 0 Å². The Labute approximate surface area is 354 Å². The van der Waals surface area contributed by atoms with Gasteiger partial charge in [0.15, 0.2) is 0 Å². The van der Waals surface area contributed by atoms with E-state index in [-0.39, 0.29) is 0 Å². The Morgan fingerprint density at radius 2 is 0.645 bits per heavy atom. The van der Waals surface area contributed by atoms with Crippen molar-refractivity contribution in [2.75, 3.05) is 9.80 Å². The molecule has 286 valence electrons. The average molecular weight is 793 g/mol. The van der Waals surface area contributed by atoms with E-state index < -0.39 is 0 Å². The van der Waals surface area contributed by atoms with E-state index in [1.54, 1.807) is 48.5 Å². The predicted octanol–water partition coefficient (Wildman–Crippen LogP) is 14.2. The highest BCUT2D eigenvalue weighted by Gasteiger charge is 2.21. The Bertz CT molecular complexity index is 3670. The van der Waals surface area contributed by atoms with Gasteiger partial charge in [0.2, 0.25) is 0 Å². The highest BCUT2D eigenvalue weighted by molar-refractivity contribution is 6.27. The molecular formula is C54H28N6O2. The van der Waals surface area contributed by atoms with Crippen molar-refractivity contribution in [3.63, 3.8) is 0 Å². The van der Waals surface area contributed by atoms with Gasteiger partial charge in [0.1, 0.15) is 22.3 Å². The van der Waals surface area contributed by atoms with Crippen molar-refractivity contribution in [3.8, 4) is 24.3 Å². The maximum absolute atomic E-state index is 9.45. The molecule has 8 heteroatoms. The Morgan fingerprint density at radius 3 is 1.06 bits per heavy atom. The third-order valence-electron chi connectivity index (χ3n) is 11.5. The summed E-state index contributed by atoms with van der Waals surface area (Å²) in [4.78, 5) is 4.21. The van der Waals surface area contributed by atoms with Crippen LogP contribution in [0.2, 0.25) is 0 Å². The number of nitrogens with zero attached hydrogens (tertiary/aromatic N) is 6. The van der Waals surface area contributed by atoms with Crippen molar-refractivity contribution in [2.45, 2.75) is 0 Å². The maximum Gasteiger partial charge on any atom is 0.147 e. The Balaban J connectivity index is 1.02. The van der Waals surface area contributed by atoms with Crippen molar-refractivity contribution >= 4 is 99.5 Å². The zero-order valence-corrected chi connectivity index (χ0v) is 32.7. The second-order valence-electron chi connectivity index (χ2n) is 15.0. The second kappa shape index (κ2) is 14.2. The van der Waals surface area contributed by atoms with E-state index in [0.717, 1.165) is 99.5 Å². The normalized spacial score (nSPS) is 11.2. The third-order valence-corrected chi connectivity index (χ3v) is 11.5. The molecule has 11 aromatic rings. The zero-order valence-electron chi connectivity index (χ0n) is 32.7. The summed E-state index contributed by atoms with van der Waals surface area (Å²) >= 11 is 0. The highest BCUT2D eigenvalue weighted by atomic mass is 16.3. The minimum atomic E-state index is 0.573. The largest absolute Gasteiger partial charge is 0.455 e. The van der Waals surface area contributed by atoms with Gasteiger partial charge in [-0.1, -0.05) is 12.1 Å². The number of hydrogen-bond donors (Lipinski definition) is 0. The van der Waals surface area contributed by atoms with Gasteiger partial charge in [-0.2, -0.15) is 21.0 Å². The van der Waals surface area contributed by atoms with Crippen LogP contribution in [0, 0.1) is 45.3 Å². The van der Waals surface area contributed by atoms with E-state index in [2.05, 4.69) is 101 Å². The standard InChI is InChI=1S/C54H28N6O2/c55-29-33-1-11-39(12-2-33)59(40-13-3-34(30-56)4-14-40)43-19-23-45-37(27-43)9-21-47-48-25-26-50-51(54(48)62-52(45)47)49-22-10-38-28-44(20-24-46(38)53(49)61-50)60(41-15-5-35(31-57)6-16-41)42-17-7-36(32-58)8-18-42/h1-28H. The van der Waals surface area contributed by atoms with Crippen molar-refractivity contribution < 1.29 is 8.83 Å². The molecule has 0 aliphatic rings. The Morgan fingerprint density at radius 1 is 0.306 bits per heavy atom.